The van der Waals surface area contributed by atoms with Gasteiger partial charge in [-0.05, 0) is 28.8 Å². The molecule has 4 aromatic rings. The number of aromatic nitrogens is 1. The van der Waals surface area contributed by atoms with Crippen LogP contribution in [0.3, 0.4) is 0 Å². The van der Waals surface area contributed by atoms with Crippen LogP contribution < -0.4 is 0 Å². The number of pyridine rings is 1. The van der Waals surface area contributed by atoms with Crippen molar-refractivity contribution in [3.63, 3.8) is 0 Å². The van der Waals surface area contributed by atoms with Crippen LogP contribution in [0.15, 0.2) is 77.7 Å². The minimum Gasteiger partial charge on any atom is -0.247 e. The molecule has 0 saturated carbocycles. The summed E-state index contributed by atoms with van der Waals surface area (Å²) >= 11 is 1.56. The predicted octanol–water partition coefficient (Wildman–Crippen LogP) is 6.31. The van der Waals surface area contributed by atoms with E-state index < -0.39 is 0 Å². The molecule has 0 atom stereocenters. The van der Waals surface area contributed by atoms with Crippen LogP contribution in [0.1, 0.15) is 5.56 Å². The third kappa shape index (κ3) is 2.27. The Morgan fingerprint density at radius 1 is 0.840 bits per heavy atom. The summed E-state index contributed by atoms with van der Waals surface area (Å²) < 4.78 is 14.3. The van der Waals surface area contributed by atoms with Crippen LogP contribution in [0.2, 0.25) is 0 Å². The van der Waals surface area contributed by atoms with Crippen molar-refractivity contribution in [1.29, 1.82) is 0 Å². The second kappa shape index (κ2) is 5.71. The molecule has 1 aliphatic rings. The summed E-state index contributed by atoms with van der Waals surface area (Å²) in [5, 5.41) is 1.15. The van der Waals surface area contributed by atoms with E-state index in [1.807, 2.05) is 30.3 Å². The number of fused-ring (bicyclic) bond motifs is 4. The molecule has 0 radical (unpaired) electrons. The second-order valence-corrected chi connectivity index (χ2v) is 7.09. The number of benzene rings is 3. The van der Waals surface area contributed by atoms with E-state index in [9.17, 15) is 4.39 Å². The van der Waals surface area contributed by atoms with Gasteiger partial charge in [0.15, 0.2) is 0 Å². The molecule has 1 aliphatic heterocycles. The van der Waals surface area contributed by atoms with Gasteiger partial charge in [-0.2, -0.15) is 0 Å². The van der Waals surface area contributed by atoms with Gasteiger partial charge in [-0.3, -0.25) is 0 Å². The van der Waals surface area contributed by atoms with Gasteiger partial charge in [0.25, 0.3) is 0 Å². The quantitative estimate of drug-likeness (QED) is 0.401. The van der Waals surface area contributed by atoms with Crippen molar-refractivity contribution in [3.05, 3.63) is 84.2 Å². The van der Waals surface area contributed by atoms with E-state index in [0.29, 0.717) is 4.90 Å². The van der Waals surface area contributed by atoms with Gasteiger partial charge in [0.2, 0.25) is 0 Å². The number of halogens is 1. The molecular weight excluding hydrogens is 329 g/mol. The number of thioether (sulfide) groups is 1. The van der Waals surface area contributed by atoms with E-state index in [0.717, 1.165) is 27.9 Å². The average Bonchev–Trinajstić information content (AvgIpc) is 2.67. The lowest BCUT2D eigenvalue weighted by Crippen LogP contribution is -2.04. The standard InChI is InChI=1S/C22H14FNS/c23-18-11-6-10-16-21-17(13-25-22(16)18)20(14-7-2-1-3-8-14)15-9-4-5-12-19(15)24-21/h1-12H,13H2. The van der Waals surface area contributed by atoms with Gasteiger partial charge in [0.1, 0.15) is 5.82 Å². The second-order valence-electron chi connectivity index (χ2n) is 6.10. The lowest BCUT2D eigenvalue weighted by atomic mass is 9.92. The molecule has 3 heteroatoms. The molecule has 2 heterocycles. The molecule has 0 spiro atoms. The fraction of sp³-hybridized carbons (Fsp3) is 0.0455. The summed E-state index contributed by atoms with van der Waals surface area (Å²) in [5.41, 5.74) is 6.33. The monoisotopic (exact) mass is 343 g/mol. The van der Waals surface area contributed by atoms with Crippen LogP contribution in [0.4, 0.5) is 4.39 Å². The maximum Gasteiger partial charge on any atom is 0.137 e. The third-order valence-corrected chi connectivity index (χ3v) is 5.78. The molecule has 0 unspecified atom stereocenters. The third-order valence-electron chi connectivity index (χ3n) is 4.64. The average molecular weight is 343 g/mol. The summed E-state index contributed by atoms with van der Waals surface area (Å²) in [7, 11) is 0. The molecule has 0 amide bonds. The first-order chi connectivity index (χ1) is 12.3. The van der Waals surface area contributed by atoms with Gasteiger partial charge in [0.05, 0.1) is 16.1 Å². The summed E-state index contributed by atoms with van der Waals surface area (Å²) in [5.74, 6) is 0.565. The van der Waals surface area contributed by atoms with Crippen LogP contribution in [0, 0.1) is 5.82 Å². The highest BCUT2D eigenvalue weighted by atomic mass is 32.2. The van der Waals surface area contributed by atoms with Crippen LogP contribution in [0.5, 0.6) is 0 Å². The van der Waals surface area contributed by atoms with Gasteiger partial charge >= 0.3 is 0 Å². The van der Waals surface area contributed by atoms with Crippen molar-refractivity contribution >= 4 is 22.7 Å². The normalized spacial score (nSPS) is 12.7. The Bertz CT molecular complexity index is 1110. The zero-order chi connectivity index (χ0) is 16.8. The van der Waals surface area contributed by atoms with Crippen molar-refractivity contribution in [2.75, 3.05) is 0 Å². The highest BCUT2D eigenvalue weighted by Gasteiger charge is 2.25. The molecule has 3 aromatic carbocycles. The van der Waals surface area contributed by atoms with Crippen molar-refractivity contribution < 1.29 is 4.39 Å². The van der Waals surface area contributed by atoms with E-state index >= 15 is 0 Å². The highest BCUT2D eigenvalue weighted by molar-refractivity contribution is 7.98. The SMILES string of the molecule is Fc1cccc2c1SCc1c-2nc2ccccc2c1-c1ccccc1. The van der Waals surface area contributed by atoms with Crippen LogP contribution in [0.25, 0.3) is 33.3 Å². The van der Waals surface area contributed by atoms with E-state index in [1.54, 1.807) is 17.8 Å². The molecule has 1 aromatic heterocycles. The molecule has 120 valence electrons. The Hall–Kier alpha value is -2.65. The lowest BCUT2D eigenvalue weighted by Gasteiger charge is -2.23. The largest absolute Gasteiger partial charge is 0.247 e. The van der Waals surface area contributed by atoms with Gasteiger partial charge in [-0.1, -0.05) is 60.7 Å². The topological polar surface area (TPSA) is 12.9 Å². The molecule has 0 saturated heterocycles. The smallest absolute Gasteiger partial charge is 0.137 e. The van der Waals surface area contributed by atoms with Crippen molar-refractivity contribution in [1.82, 2.24) is 4.98 Å². The first-order valence-corrected chi connectivity index (χ1v) is 9.20. The minimum atomic E-state index is -0.163. The molecule has 0 N–H and O–H groups in total. The Kier molecular flexibility index (Phi) is 3.35. The van der Waals surface area contributed by atoms with Crippen molar-refractivity contribution in [3.8, 4) is 22.4 Å². The van der Waals surface area contributed by atoms with E-state index in [1.165, 1.54) is 22.8 Å². The molecule has 25 heavy (non-hydrogen) atoms. The fourth-order valence-corrected chi connectivity index (χ4v) is 4.63. The highest BCUT2D eigenvalue weighted by Crippen LogP contribution is 2.47. The Balaban J connectivity index is 1.92. The number of rotatable bonds is 1. The maximum absolute atomic E-state index is 14.3. The molecule has 0 bridgehead atoms. The number of para-hydroxylation sites is 1. The van der Waals surface area contributed by atoms with Crippen LogP contribution >= 0.6 is 11.8 Å². The zero-order valence-electron chi connectivity index (χ0n) is 13.4. The van der Waals surface area contributed by atoms with Crippen LogP contribution in [-0.4, -0.2) is 4.98 Å². The van der Waals surface area contributed by atoms with Gasteiger partial charge < -0.3 is 0 Å². The number of nitrogens with zero attached hydrogens (tertiary/aromatic N) is 1. The summed E-state index contributed by atoms with van der Waals surface area (Å²) in [6.45, 7) is 0. The van der Waals surface area contributed by atoms with Crippen molar-refractivity contribution in [2.45, 2.75) is 10.6 Å². The van der Waals surface area contributed by atoms with E-state index in [2.05, 4.69) is 30.3 Å². The lowest BCUT2D eigenvalue weighted by molar-refractivity contribution is 0.602. The Morgan fingerprint density at radius 3 is 2.52 bits per heavy atom. The minimum absolute atomic E-state index is 0.163. The Labute approximate surface area is 149 Å². The maximum atomic E-state index is 14.3. The van der Waals surface area contributed by atoms with Gasteiger partial charge in [0, 0.05) is 16.7 Å². The molecular formula is C22H14FNS. The van der Waals surface area contributed by atoms with Crippen LogP contribution in [-0.2, 0) is 5.75 Å². The number of hydrogen-bond donors (Lipinski definition) is 0. The Morgan fingerprint density at radius 2 is 1.64 bits per heavy atom. The van der Waals surface area contributed by atoms with E-state index in [4.69, 9.17) is 4.98 Å². The first-order valence-electron chi connectivity index (χ1n) is 8.21. The molecule has 1 nitrogen and oxygen atoms in total. The molecule has 5 rings (SSSR count). The zero-order valence-corrected chi connectivity index (χ0v) is 14.2. The van der Waals surface area contributed by atoms with E-state index in [-0.39, 0.29) is 5.82 Å². The predicted molar refractivity (Wildman–Crippen MR) is 102 cm³/mol. The molecule has 0 fully saturated rings. The summed E-state index contributed by atoms with van der Waals surface area (Å²) in [4.78, 5) is 5.61. The first kappa shape index (κ1) is 14.7. The summed E-state index contributed by atoms with van der Waals surface area (Å²) in [6, 6.07) is 23.9. The number of hydrogen-bond acceptors (Lipinski definition) is 2. The summed E-state index contributed by atoms with van der Waals surface area (Å²) in [6.07, 6.45) is 0. The molecule has 0 aliphatic carbocycles. The fourth-order valence-electron chi connectivity index (χ4n) is 3.54. The van der Waals surface area contributed by atoms with Gasteiger partial charge in [-0.25, -0.2) is 9.37 Å². The van der Waals surface area contributed by atoms with Gasteiger partial charge in [-0.15, -0.1) is 11.8 Å². The van der Waals surface area contributed by atoms with Crippen molar-refractivity contribution in [2.24, 2.45) is 0 Å².